The second-order valence-electron chi connectivity index (χ2n) is 11.7. The number of fused-ring (bicyclic) bond motifs is 20. The smallest absolute Gasteiger partial charge is 0.504 e. The molecule has 2 aliphatic carbocycles. The van der Waals surface area contributed by atoms with Gasteiger partial charge in [-0.2, -0.15) is 61.9 Å². The molecule has 1 fully saturated rings. The van der Waals surface area contributed by atoms with Crippen molar-refractivity contribution >= 4 is 11.4 Å². The van der Waals surface area contributed by atoms with Crippen molar-refractivity contribution < 1.29 is 21.1 Å². The third kappa shape index (κ3) is 3.64. The fourth-order valence-electron chi connectivity index (χ4n) is 7.82. The quantitative estimate of drug-likeness (QED) is 0.155. The van der Waals surface area contributed by atoms with Crippen LogP contribution in [-0.4, -0.2) is 21.9 Å². The Labute approximate surface area is 262 Å². The van der Waals surface area contributed by atoms with E-state index < -0.39 is 5.41 Å². The van der Waals surface area contributed by atoms with Crippen LogP contribution in [-0.2, 0) is 26.5 Å². The fourth-order valence-corrected chi connectivity index (χ4v) is 7.82. The Kier molecular flexibility index (Phi) is 6.12. The first-order valence-electron chi connectivity index (χ1n) is 14.7. The number of nitrogens with zero attached hydrogens (tertiary/aromatic N) is 4. The summed E-state index contributed by atoms with van der Waals surface area (Å²) in [7, 11) is 0. The van der Waals surface area contributed by atoms with Crippen molar-refractivity contribution in [2.75, 3.05) is 9.80 Å². The van der Waals surface area contributed by atoms with Crippen molar-refractivity contribution in [1.82, 2.24) is 9.80 Å². The predicted octanol–water partition coefficient (Wildman–Crippen LogP) is 7.40. The molecular weight excluding hydrogens is 696 g/mol. The molecule has 3 aliphatic heterocycles. The van der Waals surface area contributed by atoms with Crippen molar-refractivity contribution in [3.8, 4) is 11.1 Å². The van der Waals surface area contributed by atoms with Gasteiger partial charge >= 0.3 is 21.1 Å². The monoisotopic (exact) mass is 725 g/mol. The molecule has 4 aromatic rings. The summed E-state index contributed by atoms with van der Waals surface area (Å²) in [5.74, 6) is 0. The second-order valence-corrected chi connectivity index (χ2v) is 11.7. The zero-order valence-corrected chi connectivity index (χ0v) is 25.4. The maximum atomic E-state index is 3.92. The molecule has 2 unspecified atom stereocenters. The molecule has 2 atom stereocenters. The van der Waals surface area contributed by atoms with E-state index in [1.807, 2.05) is 0 Å². The second kappa shape index (κ2) is 9.92. The summed E-state index contributed by atoms with van der Waals surface area (Å²) in [5, 5.41) is 0. The molecule has 0 radical (unpaired) electrons. The van der Waals surface area contributed by atoms with E-state index in [0.29, 0.717) is 12.1 Å². The zero-order chi connectivity index (χ0) is 27.0. The van der Waals surface area contributed by atoms with Crippen LogP contribution >= 0.6 is 0 Å². The van der Waals surface area contributed by atoms with E-state index in [1.165, 1.54) is 47.9 Å². The standard InChI is InChI=1S/C37H30N4.Pt/c1-3-15-33-31(13-1)32-14-2-4-16-34(32)37(33)27-9-7-11-29(23-27)38-19-21-40(25-38)35-17-5-6-18-36(35)41-22-20-39(26-41)30-12-8-10-28(37)24-30;/h1-4,7-16,19-22,25-26,35-36H,5-6,17-18H2;/q-4;+4. The van der Waals surface area contributed by atoms with Crippen LogP contribution in [0, 0.1) is 25.5 Å². The molecule has 3 heterocycles. The molecule has 4 nitrogen and oxygen atoms in total. The van der Waals surface area contributed by atoms with Crippen molar-refractivity contribution in [2.45, 2.75) is 43.2 Å². The first-order chi connectivity index (χ1) is 20.3. The number of rotatable bonds is 0. The van der Waals surface area contributed by atoms with Gasteiger partial charge in [0.1, 0.15) is 0 Å². The first-order valence-corrected chi connectivity index (χ1v) is 14.7. The van der Waals surface area contributed by atoms with Crippen LogP contribution in [0.15, 0.2) is 110 Å². The summed E-state index contributed by atoms with van der Waals surface area (Å²) in [6, 6.07) is 39.7. The third-order valence-corrected chi connectivity index (χ3v) is 9.65. The molecule has 1 spiro atoms. The van der Waals surface area contributed by atoms with Gasteiger partial charge in [-0.3, -0.25) is 0 Å². The minimum absolute atomic E-state index is 0. The summed E-state index contributed by atoms with van der Waals surface area (Å²) >= 11 is 0. The molecule has 42 heavy (non-hydrogen) atoms. The van der Waals surface area contributed by atoms with Gasteiger partial charge in [-0.15, -0.1) is 22.5 Å². The number of hydrogen-bond donors (Lipinski definition) is 0. The van der Waals surface area contributed by atoms with Crippen LogP contribution in [0.3, 0.4) is 0 Å². The van der Waals surface area contributed by atoms with E-state index in [4.69, 9.17) is 0 Å². The Bertz CT molecular complexity index is 1600. The van der Waals surface area contributed by atoms with Crippen molar-refractivity contribution in [3.63, 3.8) is 0 Å². The first kappa shape index (κ1) is 25.9. The van der Waals surface area contributed by atoms with Crippen LogP contribution < -0.4 is 9.80 Å². The number of hydrogen-bond acceptors (Lipinski definition) is 4. The Hall–Kier alpha value is -3.75. The molecule has 5 aliphatic rings. The van der Waals surface area contributed by atoms with Crippen molar-refractivity contribution in [3.05, 3.63) is 157 Å². The molecule has 0 amide bonds. The Balaban J connectivity index is 0.00000267. The maximum absolute atomic E-state index is 3.92. The third-order valence-electron chi connectivity index (χ3n) is 9.65. The van der Waals surface area contributed by atoms with Gasteiger partial charge in [-0.25, -0.2) is 0 Å². The van der Waals surface area contributed by atoms with E-state index in [-0.39, 0.29) is 21.1 Å². The van der Waals surface area contributed by atoms with Gasteiger partial charge < -0.3 is 19.6 Å². The van der Waals surface area contributed by atoms with Crippen molar-refractivity contribution in [1.29, 1.82) is 0 Å². The van der Waals surface area contributed by atoms with Gasteiger partial charge in [0.25, 0.3) is 0 Å². The molecule has 0 N–H and O–H groups in total. The van der Waals surface area contributed by atoms with Crippen LogP contribution in [0.25, 0.3) is 11.1 Å². The number of benzene rings is 4. The summed E-state index contributed by atoms with van der Waals surface area (Å²) in [5.41, 5.74) is 8.95. The van der Waals surface area contributed by atoms with Crippen molar-refractivity contribution in [2.24, 2.45) is 0 Å². The molecular formula is C37H30N4Pt. The SMILES string of the molecule is [Pt+4].[c-]1c2cccc1C1(c3[c-]c(ccc3)N3C=CN([CH-]3)C3CCCCC3N3C=CN2[CH-]3)c2ccccc2-c2ccccc21. The van der Waals surface area contributed by atoms with Gasteiger partial charge in [0, 0.05) is 17.5 Å². The largest absolute Gasteiger partial charge is 4.00 e. The average molecular weight is 726 g/mol. The van der Waals surface area contributed by atoms with Crippen LogP contribution in [0.2, 0.25) is 0 Å². The molecule has 8 bridgehead atoms. The molecule has 1 saturated carbocycles. The van der Waals surface area contributed by atoms with E-state index >= 15 is 0 Å². The van der Waals surface area contributed by atoms with Crippen LogP contribution in [0.1, 0.15) is 47.9 Å². The fraction of sp³-hybridized carbons (Fsp3) is 0.189. The Morgan fingerprint density at radius 1 is 0.571 bits per heavy atom. The van der Waals surface area contributed by atoms with Crippen LogP contribution in [0.5, 0.6) is 0 Å². The summed E-state index contributed by atoms with van der Waals surface area (Å²) in [4.78, 5) is 9.34. The Morgan fingerprint density at radius 2 is 1.05 bits per heavy atom. The van der Waals surface area contributed by atoms with E-state index in [0.717, 1.165) is 22.5 Å². The van der Waals surface area contributed by atoms with E-state index in [1.54, 1.807) is 0 Å². The zero-order valence-electron chi connectivity index (χ0n) is 23.1. The molecule has 0 saturated heterocycles. The van der Waals surface area contributed by atoms with E-state index in [2.05, 4.69) is 155 Å². The normalized spacial score (nSPS) is 22.3. The molecule has 0 aromatic heterocycles. The van der Waals surface area contributed by atoms with Gasteiger partial charge in [0.05, 0.1) is 0 Å². The Morgan fingerprint density at radius 3 is 1.55 bits per heavy atom. The minimum atomic E-state index is -0.542. The summed E-state index contributed by atoms with van der Waals surface area (Å²) < 4.78 is 0. The summed E-state index contributed by atoms with van der Waals surface area (Å²) in [6.07, 6.45) is 13.8. The maximum Gasteiger partial charge on any atom is 4.00 e. The van der Waals surface area contributed by atoms with E-state index in [9.17, 15) is 0 Å². The van der Waals surface area contributed by atoms with Gasteiger partial charge in [-0.1, -0.05) is 61.4 Å². The predicted molar refractivity (Wildman–Crippen MR) is 163 cm³/mol. The van der Waals surface area contributed by atoms with Crippen LogP contribution in [0.4, 0.5) is 11.4 Å². The topological polar surface area (TPSA) is 13.0 Å². The molecule has 9 rings (SSSR count). The van der Waals surface area contributed by atoms with Gasteiger partial charge in [0.2, 0.25) is 0 Å². The molecule has 5 heteroatoms. The summed E-state index contributed by atoms with van der Waals surface area (Å²) in [6.45, 7) is 4.54. The molecule has 208 valence electrons. The minimum Gasteiger partial charge on any atom is -0.504 e. The number of anilines is 2. The average Bonchev–Trinajstić information content (AvgIpc) is 3.79. The molecule has 4 aromatic carbocycles. The van der Waals surface area contributed by atoms with Gasteiger partial charge in [0.15, 0.2) is 0 Å². The van der Waals surface area contributed by atoms with Gasteiger partial charge in [-0.05, 0) is 59.9 Å².